The van der Waals surface area contributed by atoms with E-state index in [2.05, 4.69) is 35.5 Å². The largest absolute Gasteiger partial charge is 0.336 e. The first-order chi connectivity index (χ1) is 16.7. The minimum absolute atomic E-state index is 0.0687. The molecular formula is C24H18N8OS. The maximum absolute atomic E-state index is 11.8. The van der Waals surface area contributed by atoms with Crippen molar-refractivity contribution in [3.05, 3.63) is 60.5 Å². The molecule has 0 aromatic carbocycles. The van der Waals surface area contributed by atoms with Crippen LogP contribution in [0.25, 0.3) is 55.3 Å². The van der Waals surface area contributed by atoms with Crippen molar-refractivity contribution in [2.75, 3.05) is 5.32 Å². The number of imidazole rings is 1. The summed E-state index contributed by atoms with van der Waals surface area (Å²) < 4.78 is 0. The van der Waals surface area contributed by atoms with Crippen LogP contribution in [-0.2, 0) is 4.79 Å². The van der Waals surface area contributed by atoms with E-state index in [1.54, 1.807) is 43.0 Å². The van der Waals surface area contributed by atoms with Gasteiger partial charge in [0.1, 0.15) is 16.9 Å². The number of rotatable bonds is 5. The molecule has 0 spiro atoms. The SMILES string of the molecule is CCC(=O)Nc1cncc(-c2cc3c(-c4nc5c(-c6cccs6)nccc5[nH]4)n[nH]c3cn2)c1. The minimum Gasteiger partial charge on any atom is -0.336 e. The smallest absolute Gasteiger partial charge is 0.224 e. The third kappa shape index (κ3) is 3.50. The van der Waals surface area contributed by atoms with E-state index in [0.717, 1.165) is 38.1 Å². The monoisotopic (exact) mass is 466 g/mol. The number of hydrogen-bond acceptors (Lipinski definition) is 7. The van der Waals surface area contributed by atoms with Gasteiger partial charge in [-0.05, 0) is 29.6 Å². The van der Waals surface area contributed by atoms with Gasteiger partial charge < -0.3 is 10.3 Å². The van der Waals surface area contributed by atoms with Gasteiger partial charge in [-0.25, -0.2) is 4.98 Å². The molecule has 10 heteroatoms. The highest BCUT2D eigenvalue weighted by molar-refractivity contribution is 7.13. The summed E-state index contributed by atoms with van der Waals surface area (Å²) in [5.41, 5.74) is 6.15. The zero-order chi connectivity index (χ0) is 23.1. The first-order valence-electron chi connectivity index (χ1n) is 10.7. The Labute approximate surface area is 197 Å². The number of fused-ring (bicyclic) bond motifs is 2. The molecule has 0 unspecified atom stereocenters. The molecule has 6 rings (SSSR count). The predicted octanol–water partition coefficient (Wildman–Crippen LogP) is 5.04. The topological polar surface area (TPSA) is 125 Å². The number of aromatic nitrogens is 7. The van der Waals surface area contributed by atoms with Crippen LogP contribution in [0.1, 0.15) is 13.3 Å². The Kier molecular flexibility index (Phi) is 4.84. The first-order valence-corrected chi connectivity index (χ1v) is 11.6. The lowest BCUT2D eigenvalue weighted by Gasteiger charge is -2.06. The van der Waals surface area contributed by atoms with E-state index in [-0.39, 0.29) is 5.91 Å². The molecule has 166 valence electrons. The molecule has 3 N–H and O–H groups in total. The van der Waals surface area contributed by atoms with Crippen molar-refractivity contribution in [3.63, 3.8) is 0 Å². The third-order valence-corrected chi connectivity index (χ3v) is 6.34. The zero-order valence-electron chi connectivity index (χ0n) is 18.0. The Morgan fingerprint density at radius 2 is 2.03 bits per heavy atom. The summed E-state index contributed by atoms with van der Waals surface area (Å²) in [6, 6.07) is 9.75. The zero-order valence-corrected chi connectivity index (χ0v) is 18.8. The van der Waals surface area contributed by atoms with Crippen molar-refractivity contribution in [2.24, 2.45) is 0 Å². The van der Waals surface area contributed by atoms with Crippen molar-refractivity contribution in [1.82, 2.24) is 35.1 Å². The third-order valence-electron chi connectivity index (χ3n) is 5.47. The van der Waals surface area contributed by atoms with Gasteiger partial charge in [0.2, 0.25) is 5.91 Å². The summed E-state index contributed by atoms with van der Waals surface area (Å²) in [6.07, 6.45) is 7.25. The van der Waals surface area contributed by atoms with Crippen molar-refractivity contribution in [2.45, 2.75) is 13.3 Å². The van der Waals surface area contributed by atoms with Gasteiger partial charge in [-0.1, -0.05) is 13.0 Å². The fourth-order valence-corrected chi connectivity index (χ4v) is 4.52. The molecule has 6 heterocycles. The molecule has 9 nitrogen and oxygen atoms in total. The second-order valence-electron chi connectivity index (χ2n) is 7.67. The number of thiophene rings is 1. The van der Waals surface area contributed by atoms with E-state index in [4.69, 9.17) is 4.98 Å². The van der Waals surface area contributed by atoms with Crippen molar-refractivity contribution in [1.29, 1.82) is 0 Å². The number of carbonyl (C=O) groups excluding carboxylic acids is 1. The normalized spacial score (nSPS) is 11.3. The predicted molar refractivity (Wildman–Crippen MR) is 132 cm³/mol. The van der Waals surface area contributed by atoms with E-state index in [9.17, 15) is 4.79 Å². The van der Waals surface area contributed by atoms with Crippen molar-refractivity contribution >= 4 is 44.9 Å². The number of hydrogen-bond donors (Lipinski definition) is 3. The summed E-state index contributed by atoms with van der Waals surface area (Å²) >= 11 is 1.63. The molecule has 0 aliphatic carbocycles. The highest BCUT2D eigenvalue weighted by atomic mass is 32.1. The number of amides is 1. The standard InChI is InChI=1S/C24H18N8OS/c1-2-20(33)28-14-8-13(10-25-11-14)17-9-15-18(12-27-17)31-32-21(15)24-29-16-5-6-26-23(22(16)30-24)19-4-3-7-34-19/h3-12H,2H2,1H3,(H,28,33)(H,29,30)(H,31,32). The van der Waals surface area contributed by atoms with Gasteiger partial charge in [0, 0.05) is 29.8 Å². The first kappa shape index (κ1) is 20.2. The lowest BCUT2D eigenvalue weighted by atomic mass is 10.1. The number of aromatic amines is 2. The quantitative estimate of drug-likeness (QED) is 0.327. The molecular weight excluding hydrogens is 448 g/mol. The molecule has 6 aromatic heterocycles. The fraction of sp³-hybridized carbons (Fsp3) is 0.0833. The number of anilines is 1. The Balaban J connectivity index is 1.43. The molecule has 0 atom stereocenters. The van der Waals surface area contributed by atoms with Crippen LogP contribution in [0.2, 0.25) is 0 Å². The maximum Gasteiger partial charge on any atom is 0.224 e. The van der Waals surface area contributed by atoms with Gasteiger partial charge in [0.05, 0.1) is 39.7 Å². The van der Waals surface area contributed by atoms with Crippen molar-refractivity contribution < 1.29 is 4.79 Å². The molecule has 0 saturated heterocycles. The number of pyridine rings is 3. The van der Waals surface area contributed by atoms with Crippen LogP contribution in [0.4, 0.5) is 5.69 Å². The Morgan fingerprint density at radius 1 is 1.09 bits per heavy atom. The van der Waals surface area contributed by atoms with Crippen LogP contribution in [0.3, 0.4) is 0 Å². The molecule has 34 heavy (non-hydrogen) atoms. The van der Waals surface area contributed by atoms with E-state index < -0.39 is 0 Å². The highest BCUT2D eigenvalue weighted by Gasteiger charge is 2.17. The highest BCUT2D eigenvalue weighted by Crippen LogP contribution is 2.33. The van der Waals surface area contributed by atoms with Gasteiger partial charge in [-0.15, -0.1) is 11.3 Å². The summed E-state index contributed by atoms with van der Waals surface area (Å²) in [6.45, 7) is 1.81. The molecule has 6 aromatic rings. The number of carbonyl (C=O) groups is 1. The van der Waals surface area contributed by atoms with E-state index >= 15 is 0 Å². The summed E-state index contributed by atoms with van der Waals surface area (Å²) in [4.78, 5) is 34.4. The molecule has 1 amide bonds. The van der Waals surface area contributed by atoms with E-state index in [0.29, 0.717) is 29.3 Å². The second-order valence-corrected chi connectivity index (χ2v) is 8.62. The summed E-state index contributed by atoms with van der Waals surface area (Å²) in [7, 11) is 0. The second kappa shape index (κ2) is 8.16. The number of nitrogens with zero attached hydrogens (tertiary/aromatic N) is 5. The number of nitrogens with one attached hydrogen (secondary N) is 3. The van der Waals surface area contributed by atoms with Crippen LogP contribution >= 0.6 is 11.3 Å². The molecule has 0 fully saturated rings. The van der Waals surface area contributed by atoms with Crippen LogP contribution in [0.5, 0.6) is 0 Å². The van der Waals surface area contributed by atoms with E-state index in [1.165, 1.54) is 0 Å². The van der Waals surface area contributed by atoms with Gasteiger partial charge >= 0.3 is 0 Å². The molecule has 0 bridgehead atoms. The van der Waals surface area contributed by atoms with Gasteiger partial charge in [0.15, 0.2) is 5.82 Å². The van der Waals surface area contributed by atoms with Crippen LogP contribution < -0.4 is 5.32 Å². The molecule has 0 aliphatic heterocycles. The van der Waals surface area contributed by atoms with Crippen LogP contribution in [0.15, 0.2) is 60.5 Å². The lowest BCUT2D eigenvalue weighted by molar-refractivity contribution is -0.115. The molecule has 0 saturated carbocycles. The van der Waals surface area contributed by atoms with Gasteiger partial charge in [-0.3, -0.25) is 24.8 Å². The van der Waals surface area contributed by atoms with E-state index in [1.807, 2.05) is 35.7 Å². The molecule has 0 radical (unpaired) electrons. The van der Waals surface area contributed by atoms with Gasteiger partial charge in [-0.2, -0.15) is 5.10 Å². The molecule has 0 aliphatic rings. The Bertz CT molecular complexity index is 1650. The average Bonchev–Trinajstić information content (AvgIpc) is 3.62. The van der Waals surface area contributed by atoms with Crippen LogP contribution in [0, 0.1) is 0 Å². The van der Waals surface area contributed by atoms with Crippen molar-refractivity contribution in [3.8, 4) is 33.3 Å². The lowest BCUT2D eigenvalue weighted by Crippen LogP contribution is -2.09. The van der Waals surface area contributed by atoms with Crippen LogP contribution in [-0.4, -0.2) is 41.0 Å². The van der Waals surface area contributed by atoms with Gasteiger partial charge in [0.25, 0.3) is 0 Å². The maximum atomic E-state index is 11.8. The summed E-state index contributed by atoms with van der Waals surface area (Å²) in [5.74, 6) is 0.576. The fourth-order valence-electron chi connectivity index (χ4n) is 3.79. The number of H-pyrrole nitrogens is 2. The summed E-state index contributed by atoms with van der Waals surface area (Å²) in [5, 5.41) is 13.3. The Hall–Kier alpha value is -4.44. The minimum atomic E-state index is -0.0687. The Morgan fingerprint density at radius 3 is 2.88 bits per heavy atom. The average molecular weight is 467 g/mol.